The Hall–Kier alpha value is -7.33. The first-order valence-electron chi connectivity index (χ1n) is 20.2. The summed E-state index contributed by atoms with van der Waals surface area (Å²) in [6, 6.07) is 79.8. The minimum Gasteiger partial charge on any atom is -0.310 e. The van der Waals surface area contributed by atoms with Crippen LogP contribution in [0.1, 0.15) is 22.3 Å². The highest BCUT2D eigenvalue weighted by Crippen LogP contribution is 2.57. The lowest BCUT2D eigenvalue weighted by Crippen LogP contribution is -2.37. The highest BCUT2D eigenvalue weighted by atomic mass is 32.1. The molecule has 0 bridgehead atoms. The number of hydrogen-bond donors (Lipinski definition) is 0. The lowest BCUT2D eigenvalue weighted by Gasteiger charge is -2.46. The van der Waals surface area contributed by atoms with Crippen molar-refractivity contribution >= 4 is 70.2 Å². The summed E-state index contributed by atoms with van der Waals surface area (Å²) in [5.41, 5.74) is 13.6. The number of nitrogens with zero attached hydrogens (tertiary/aromatic N) is 2. The molecule has 1 aliphatic heterocycles. The minimum atomic E-state index is -0.488. The van der Waals surface area contributed by atoms with Gasteiger partial charge in [0, 0.05) is 47.6 Å². The maximum Gasteiger partial charge on any atom is 0.0788 e. The Balaban J connectivity index is 1.02. The quantitative estimate of drug-likeness (QED) is 0.162. The van der Waals surface area contributed by atoms with Crippen LogP contribution in [0.3, 0.4) is 0 Å². The van der Waals surface area contributed by atoms with E-state index in [0.29, 0.717) is 0 Å². The van der Waals surface area contributed by atoms with E-state index in [9.17, 15) is 0 Å². The molecule has 0 fully saturated rings. The molecular formula is C56H36N2S. The van der Waals surface area contributed by atoms with Crippen LogP contribution in [0.4, 0.5) is 17.1 Å². The molecule has 1 aliphatic rings. The van der Waals surface area contributed by atoms with Crippen LogP contribution < -0.4 is 4.90 Å². The predicted octanol–water partition coefficient (Wildman–Crippen LogP) is 15.3. The van der Waals surface area contributed by atoms with E-state index in [1.165, 1.54) is 81.1 Å². The average Bonchev–Trinajstić information content (AvgIpc) is 3.70. The van der Waals surface area contributed by atoms with Gasteiger partial charge in [0.15, 0.2) is 0 Å². The maximum absolute atomic E-state index is 5.22. The molecular weight excluding hydrogens is 733 g/mol. The first-order chi connectivity index (χ1) is 29.3. The molecule has 0 spiro atoms. The van der Waals surface area contributed by atoms with Crippen molar-refractivity contribution in [1.82, 2.24) is 4.98 Å². The molecule has 0 saturated carbocycles. The van der Waals surface area contributed by atoms with E-state index in [1.54, 1.807) is 0 Å². The molecule has 0 unspecified atom stereocenters. The van der Waals surface area contributed by atoms with Gasteiger partial charge in [-0.1, -0.05) is 170 Å². The van der Waals surface area contributed by atoms with Gasteiger partial charge >= 0.3 is 0 Å². The second kappa shape index (κ2) is 13.4. The molecule has 0 amide bonds. The first-order valence-corrected chi connectivity index (χ1v) is 21.0. The van der Waals surface area contributed by atoms with Crippen molar-refractivity contribution in [2.75, 3.05) is 4.90 Å². The Bertz CT molecular complexity index is 3280. The fourth-order valence-corrected chi connectivity index (χ4v) is 10.9. The van der Waals surface area contributed by atoms with Gasteiger partial charge in [0.05, 0.1) is 28.0 Å². The lowest BCUT2D eigenvalue weighted by molar-refractivity contribution is 0.731. The number of hydrogen-bond acceptors (Lipinski definition) is 3. The number of pyridine rings is 1. The number of para-hydroxylation sites is 3. The number of thiophene rings is 1. The van der Waals surface area contributed by atoms with Crippen LogP contribution in [0.15, 0.2) is 218 Å². The van der Waals surface area contributed by atoms with Gasteiger partial charge in [0.1, 0.15) is 0 Å². The third-order valence-electron chi connectivity index (χ3n) is 12.3. The van der Waals surface area contributed by atoms with E-state index in [0.717, 1.165) is 22.5 Å². The van der Waals surface area contributed by atoms with Crippen LogP contribution in [0, 0.1) is 0 Å². The second-order valence-electron chi connectivity index (χ2n) is 15.4. The summed E-state index contributed by atoms with van der Waals surface area (Å²) in [5.74, 6) is 0. The molecule has 0 radical (unpaired) electrons. The molecule has 0 saturated heterocycles. The summed E-state index contributed by atoms with van der Waals surface area (Å²) in [4.78, 5) is 7.67. The minimum absolute atomic E-state index is 0.488. The Morgan fingerprint density at radius 1 is 0.390 bits per heavy atom. The van der Waals surface area contributed by atoms with Gasteiger partial charge in [-0.25, -0.2) is 4.98 Å². The topological polar surface area (TPSA) is 16.1 Å². The zero-order chi connectivity index (χ0) is 38.9. The van der Waals surface area contributed by atoms with Crippen molar-refractivity contribution in [2.45, 2.75) is 5.41 Å². The molecule has 12 rings (SSSR count). The molecule has 0 N–H and O–H groups in total. The smallest absolute Gasteiger partial charge is 0.0788 e. The molecule has 9 aromatic carbocycles. The van der Waals surface area contributed by atoms with Crippen LogP contribution >= 0.6 is 11.3 Å². The summed E-state index contributed by atoms with van der Waals surface area (Å²) in [6.45, 7) is 0. The third-order valence-corrected chi connectivity index (χ3v) is 13.5. The first kappa shape index (κ1) is 33.8. The van der Waals surface area contributed by atoms with Gasteiger partial charge in [-0.05, 0) is 81.9 Å². The summed E-state index contributed by atoms with van der Waals surface area (Å²) >= 11 is 1.87. The number of rotatable bonds is 5. The Labute approximate surface area is 346 Å². The molecule has 2 aromatic heterocycles. The van der Waals surface area contributed by atoms with Gasteiger partial charge in [-0.2, -0.15) is 0 Å². The average molecular weight is 769 g/mol. The van der Waals surface area contributed by atoms with Crippen LogP contribution in [0.5, 0.6) is 0 Å². The van der Waals surface area contributed by atoms with Crippen molar-refractivity contribution in [3.8, 4) is 22.4 Å². The molecule has 0 atom stereocenters. The lowest BCUT2D eigenvalue weighted by atomic mass is 9.62. The van der Waals surface area contributed by atoms with E-state index in [1.807, 2.05) is 11.3 Å². The highest BCUT2D eigenvalue weighted by Gasteiger charge is 2.46. The fourth-order valence-electron chi connectivity index (χ4n) is 9.80. The van der Waals surface area contributed by atoms with Gasteiger partial charge in [-0.15, -0.1) is 11.3 Å². The SMILES string of the molecule is c1ccc(-c2nc3ccccc3c3c2ccc2sc4ccc(-c5ccc(N6c7ccccc7C(c7ccccc7)(c7ccccc7)c7ccccc76)cc5)cc4c23)cc1. The molecule has 3 heteroatoms. The van der Waals surface area contributed by atoms with Gasteiger partial charge in [0.2, 0.25) is 0 Å². The van der Waals surface area contributed by atoms with Crippen molar-refractivity contribution in [1.29, 1.82) is 0 Å². The zero-order valence-corrected chi connectivity index (χ0v) is 32.9. The zero-order valence-electron chi connectivity index (χ0n) is 32.1. The standard InChI is InChI=1S/C56H36N2S/c1-4-16-38(17-5-1)55-44-33-35-52-54(53(44)43-22-10-13-25-48(43)57-55)45-36-39(30-34-51(45)59-52)37-28-31-42(32-29-37)58-49-26-14-11-23-46(49)56(40-18-6-2-7-19-40,41-20-8-3-9-21-41)47-24-12-15-27-50(47)58/h1-36H. The molecule has 2 nitrogen and oxygen atoms in total. The van der Waals surface area contributed by atoms with Crippen LogP contribution in [-0.4, -0.2) is 4.98 Å². The highest BCUT2D eigenvalue weighted by molar-refractivity contribution is 7.26. The van der Waals surface area contributed by atoms with E-state index in [-0.39, 0.29) is 0 Å². The third kappa shape index (κ3) is 5.08. The monoisotopic (exact) mass is 768 g/mol. The summed E-state index contributed by atoms with van der Waals surface area (Å²) in [6.07, 6.45) is 0. The van der Waals surface area contributed by atoms with Crippen LogP contribution in [-0.2, 0) is 5.41 Å². The molecule has 59 heavy (non-hydrogen) atoms. The van der Waals surface area contributed by atoms with Gasteiger partial charge < -0.3 is 4.90 Å². The van der Waals surface area contributed by atoms with Crippen molar-refractivity contribution in [3.63, 3.8) is 0 Å². The van der Waals surface area contributed by atoms with Gasteiger partial charge in [-0.3, -0.25) is 0 Å². The number of anilines is 3. The second-order valence-corrected chi connectivity index (χ2v) is 16.5. The van der Waals surface area contributed by atoms with E-state index >= 15 is 0 Å². The van der Waals surface area contributed by atoms with Crippen LogP contribution in [0.2, 0.25) is 0 Å². The summed E-state index contributed by atoms with van der Waals surface area (Å²) in [5, 5.41) is 6.23. The molecule has 3 heterocycles. The van der Waals surface area contributed by atoms with E-state index in [4.69, 9.17) is 4.98 Å². The normalized spacial score (nSPS) is 13.2. The number of fused-ring (bicyclic) bond motifs is 9. The van der Waals surface area contributed by atoms with Crippen LogP contribution in [0.25, 0.3) is 64.2 Å². The molecule has 0 aliphatic carbocycles. The summed E-state index contributed by atoms with van der Waals surface area (Å²) < 4.78 is 2.58. The van der Waals surface area contributed by atoms with E-state index in [2.05, 4.69) is 223 Å². The Morgan fingerprint density at radius 3 is 1.63 bits per heavy atom. The Kier molecular flexibility index (Phi) is 7.66. The number of aromatic nitrogens is 1. The fraction of sp³-hybridized carbons (Fsp3) is 0.0179. The van der Waals surface area contributed by atoms with E-state index < -0.39 is 5.41 Å². The molecule has 11 aromatic rings. The van der Waals surface area contributed by atoms with Gasteiger partial charge in [0.25, 0.3) is 0 Å². The largest absolute Gasteiger partial charge is 0.310 e. The predicted molar refractivity (Wildman–Crippen MR) is 250 cm³/mol. The van der Waals surface area contributed by atoms with Crippen molar-refractivity contribution in [3.05, 3.63) is 241 Å². The Morgan fingerprint density at radius 2 is 0.949 bits per heavy atom. The van der Waals surface area contributed by atoms with Crippen molar-refractivity contribution < 1.29 is 0 Å². The summed E-state index contributed by atoms with van der Waals surface area (Å²) in [7, 11) is 0. The number of benzene rings is 9. The van der Waals surface area contributed by atoms with Crippen molar-refractivity contribution in [2.24, 2.45) is 0 Å². The maximum atomic E-state index is 5.22. The molecule has 276 valence electrons.